The van der Waals surface area contributed by atoms with Gasteiger partial charge in [-0.15, -0.1) is 0 Å². The maximum atomic E-state index is 10.4. The summed E-state index contributed by atoms with van der Waals surface area (Å²) in [6.45, 7) is 8.49. The number of para-hydroxylation sites is 1. The third kappa shape index (κ3) is 5.30. The minimum Gasteiger partial charge on any atom is -0.492 e. The predicted octanol–water partition coefficient (Wildman–Crippen LogP) is 2.73. The molecular weight excluding hydrogens is 312 g/mol. The standard InChI is InChI=1S/C21H28N2O2/c1-18-7-5-6-10-21(18)25-16-15-22-11-13-23(14-12-22)17-20(24)19-8-3-2-4-9-19/h2-10,20,24H,11-17H2,1H3. The summed E-state index contributed by atoms with van der Waals surface area (Å²) in [4.78, 5) is 4.78. The number of ether oxygens (including phenoxy) is 1. The molecule has 25 heavy (non-hydrogen) atoms. The van der Waals surface area contributed by atoms with Crippen LogP contribution in [0.1, 0.15) is 17.2 Å². The van der Waals surface area contributed by atoms with Crippen molar-refractivity contribution in [3.8, 4) is 5.75 Å². The summed E-state index contributed by atoms with van der Waals surface area (Å²) in [5.74, 6) is 0.979. The summed E-state index contributed by atoms with van der Waals surface area (Å²) in [6.07, 6.45) is -0.405. The van der Waals surface area contributed by atoms with Crippen LogP contribution in [0.15, 0.2) is 54.6 Å². The SMILES string of the molecule is Cc1ccccc1OCCN1CCN(CC(O)c2ccccc2)CC1. The number of piperazine rings is 1. The summed E-state index contributed by atoms with van der Waals surface area (Å²) in [5, 5.41) is 10.4. The number of benzene rings is 2. The molecule has 3 rings (SSSR count). The molecule has 4 nitrogen and oxygen atoms in total. The smallest absolute Gasteiger partial charge is 0.122 e. The number of β-amino-alcohol motifs (C(OH)–C–C–N with tert-alkyl or cyclic N) is 1. The van der Waals surface area contributed by atoms with E-state index in [2.05, 4.69) is 22.8 Å². The molecule has 1 aliphatic rings. The van der Waals surface area contributed by atoms with Crippen molar-refractivity contribution in [1.29, 1.82) is 0 Å². The molecule has 0 spiro atoms. The molecule has 0 aliphatic carbocycles. The van der Waals surface area contributed by atoms with Gasteiger partial charge in [0.1, 0.15) is 12.4 Å². The fraction of sp³-hybridized carbons (Fsp3) is 0.429. The van der Waals surface area contributed by atoms with E-state index in [4.69, 9.17) is 4.74 Å². The molecule has 1 atom stereocenters. The molecule has 4 heteroatoms. The van der Waals surface area contributed by atoms with E-state index < -0.39 is 6.10 Å². The summed E-state index contributed by atoms with van der Waals surface area (Å²) in [5.41, 5.74) is 2.18. The maximum absolute atomic E-state index is 10.4. The van der Waals surface area contributed by atoms with E-state index in [1.807, 2.05) is 48.5 Å². The van der Waals surface area contributed by atoms with Crippen LogP contribution in [0.2, 0.25) is 0 Å². The zero-order chi connectivity index (χ0) is 17.5. The van der Waals surface area contributed by atoms with Crippen molar-refractivity contribution in [2.75, 3.05) is 45.9 Å². The lowest BCUT2D eigenvalue weighted by atomic mass is 10.1. The van der Waals surface area contributed by atoms with Crippen molar-refractivity contribution >= 4 is 0 Å². The molecule has 1 N–H and O–H groups in total. The van der Waals surface area contributed by atoms with E-state index in [9.17, 15) is 5.11 Å². The highest BCUT2D eigenvalue weighted by atomic mass is 16.5. The Morgan fingerprint density at radius 1 is 0.920 bits per heavy atom. The molecule has 0 aromatic heterocycles. The van der Waals surface area contributed by atoms with Crippen LogP contribution in [-0.4, -0.2) is 60.8 Å². The average Bonchev–Trinajstić information content (AvgIpc) is 2.65. The van der Waals surface area contributed by atoms with Gasteiger partial charge in [-0.25, -0.2) is 0 Å². The Hall–Kier alpha value is -1.88. The van der Waals surface area contributed by atoms with Crippen LogP contribution in [0.5, 0.6) is 5.75 Å². The van der Waals surface area contributed by atoms with Gasteiger partial charge in [-0.1, -0.05) is 48.5 Å². The number of nitrogens with zero attached hydrogens (tertiary/aromatic N) is 2. The van der Waals surface area contributed by atoms with E-state index >= 15 is 0 Å². The Morgan fingerprint density at radius 2 is 1.56 bits per heavy atom. The first kappa shape index (κ1) is 17.9. The van der Waals surface area contributed by atoms with Crippen LogP contribution >= 0.6 is 0 Å². The third-order valence-corrected chi connectivity index (χ3v) is 4.84. The zero-order valence-electron chi connectivity index (χ0n) is 15.0. The Bertz CT molecular complexity index is 639. The molecule has 0 amide bonds. The number of aliphatic hydroxyl groups excluding tert-OH is 1. The van der Waals surface area contributed by atoms with Gasteiger partial charge >= 0.3 is 0 Å². The minimum atomic E-state index is -0.405. The Balaban J connectivity index is 1.37. The first-order valence-electron chi connectivity index (χ1n) is 9.08. The van der Waals surface area contributed by atoms with Gasteiger partial charge in [0.25, 0.3) is 0 Å². The first-order chi connectivity index (χ1) is 12.2. The second-order valence-electron chi connectivity index (χ2n) is 6.68. The molecule has 2 aromatic rings. The molecule has 0 saturated carbocycles. The van der Waals surface area contributed by atoms with Crippen LogP contribution in [0, 0.1) is 6.92 Å². The van der Waals surface area contributed by atoms with Crippen LogP contribution in [0.3, 0.4) is 0 Å². The summed E-state index contributed by atoms with van der Waals surface area (Å²) in [6, 6.07) is 18.1. The molecule has 134 valence electrons. The predicted molar refractivity (Wildman–Crippen MR) is 101 cm³/mol. The number of aliphatic hydroxyl groups is 1. The fourth-order valence-corrected chi connectivity index (χ4v) is 3.22. The summed E-state index contributed by atoms with van der Waals surface area (Å²) < 4.78 is 5.89. The van der Waals surface area contributed by atoms with E-state index in [1.54, 1.807) is 0 Å². The second-order valence-corrected chi connectivity index (χ2v) is 6.68. The van der Waals surface area contributed by atoms with Crippen molar-refractivity contribution in [2.24, 2.45) is 0 Å². The highest BCUT2D eigenvalue weighted by Crippen LogP contribution is 2.17. The summed E-state index contributed by atoms with van der Waals surface area (Å²) >= 11 is 0. The summed E-state index contributed by atoms with van der Waals surface area (Å²) in [7, 11) is 0. The zero-order valence-corrected chi connectivity index (χ0v) is 15.0. The lowest BCUT2D eigenvalue weighted by Gasteiger charge is -2.35. The van der Waals surface area contributed by atoms with E-state index in [1.165, 1.54) is 5.56 Å². The molecule has 1 heterocycles. The van der Waals surface area contributed by atoms with E-state index in [0.717, 1.165) is 50.6 Å². The van der Waals surface area contributed by atoms with Crippen LogP contribution in [-0.2, 0) is 0 Å². The van der Waals surface area contributed by atoms with E-state index in [-0.39, 0.29) is 0 Å². The lowest BCUT2D eigenvalue weighted by molar-refractivity contribution is 0.0676. The van der Waals surface area contributed by atoms with Gasteiger partial charge < -0.3 is 9.84 Å². The molecule has 0 bridgehead atoms. The Labute approximate surface area is 150 Å². The largest absolute Gasteiger partial charge is 0.492 e. The normalized spacial score (nSPS) is 17.4. The monoisotopic (exact) mass is 340 g/mol. The number of hydrogen-bond acceptors (Lipinski definition) is 4. The first-order valence-corrected chi connectivity index (χ1v) is 9.08. The van der Waals surface area contributed by atoms with Crippen molar-refractivity contribution < 1.29 is 9.84 Å². The molecular formula is C21H28N2O2. The highest BCUT2D eigenvalue weighted by molar-refractivity contribution is 5.31. The molecule has 0 radical (unpaired) electrons. The molecule has 1 aliphatic heterocycles. The van der Waals surface area contributed by atoms with E-state index in [0.29, 0.717) is 6.54 Å². The number of rotatable bonds is 7. The minimum absolute atomic E-state index is 0.405. The second kappa shape index (κ2) is 8.99. The Kier molecular flexibility index (Phi) is 6.45. The number of hydrogen-bond donors (Lipinski definition) is 1. The van der Waals surface area contributed by atoms with Crippen LogP contribution < -0.4 is 4.74 Å². The topological polar surface area (TPSA) is 35.9 Å². The molecule has 1 fully saturated rings. The fourth-order valence-electron chi connectivity index (χ4n) is 3.22. The molecule has 1 saturated heterocycles. The van der Waals surface area contributed by atoms with Crippen molar-refractivity contribution in [3.05, 3.63) is 65.7 Å². The maximum Gasteiger partial charge on any atom is 0.122 e. The third-order valence-electron chi connectivity index (χ3n) is 4.84. The van der Waals surface area contributed by atoms with Crippen molar-refractivity contribution in [3.63, 3.8) is 0 Å². The van der Waals surface area contributed by atoms with Crippen molar-refractivity contribution in [1.82, 2.24) is 9.80 Å². The molecule has 2 aromatic carbocycles. The van der Waals surface area contributed by atoms with Gasteiger partial charge in [0.05, 0.1) is 6.10 Å². The lowest BCUT2D eigenvalue weighted by Crippen LogP contribution is -2.48. The number of aryl methyl sites for hydroxylation is 1. The quantitative estimate of drug-likeness (QED) is 0.841. The Morgan fingerprint density at radius 3 is 2.28 bits per heavy atom. The van der Waals surface area contributed by atoms with Crippen molar-refractivity contribution in [2.45, 2.75) is 13.0 Å². The van der Waals surface area contributed by atoms with Crippen LogP contribution in [0.4, 0.5) is 0 Å². The van der Waals surface area contributed by atoms with Gasteiger partial charge in [0.15, 0.2) is 0 Å². The average molecular weight is 340 g/mol. The highest BCUT2D eigenvalue weighted by Gasteiger charge is 2.19. The van der Waals surface area contributed by atoms with Gasteiger partial charge in [-0.05, 0) is 24.1 Å². The molecule has 1 unspecified atom stereocenters. The van der Waals surface area contributed by atoms with Crippen LogP contribution in [0.25, 0.3) is 0 Å². The van der Waals surface area contributed by atoms with Gasteiger partial charge in [-0.3, -0.25) is 9.80 Å². The van der Waals surface area contributed by atoms with Gasteiger partial charge in [0, 0.05) is 39.3 Å². The van der Waals surface area contributed by atoms with Gasteiger partial charge in [-0.2, -0.15) is 0 Å². The van der Waals surface area contributed by atoms with Gasteiger partial charge in [0.2, 0.25) is 0 Å².